The van der Waals surface area contributed by atoms with E-state index in [0.29, 0.717) is 19.6 Å². The summed E-state index contributed by atoms with van der Waals surface area (Å²) in [5.74, 6) is 0. The van der Waals surface area contributed by atoms with E-state index in [1.807, 2.05) is 18.3 Å². The Morgan fingerprint density at radius 1 is 1.39 bits per heavy atom. The van der Waals surface area contributed by atoms with Crippen molar-refractivity contribution in [2.45, 2.75) is 18.1 Å². The Morgan fingerprint density at radius 2 is 2.28 bits per heavy atom. The first-order valence-corrected chi connectivity index (χ1v) is 6.21. The smallest absolute Gasteiger partial charge is 0.115 e. The van der Waals surface area contributed by atoms with Gasteiger partial charge in [-0.2, -0.15) is 0 Å². The molecule has 0 spiro atoms. The molecule has 4 nitrogen and oxygen atoms in total. The number of nitrogens with zero attached hydrogens (tertiary/aromatic N) is 2. The molecule has 3 heterocycles. The van der Waals surface area contributed by atoms with Crippen LogP contribution in [0, 0.1) is 0 Å². The van der Waals surface area contributed by atoms with E-state index in [-0.39, 0.29) is 6.04 Å². The third kappa shape index (κ3) is 1.19. The quantitative estimate of drug-likeness (QED) is 0.826. The molecule has 1 aromatic carbocycles. The number of imidazole rings is 1. The van der Waals surface area contributed by atoms with Gasteiger partial charge < -0.3 is 14.4 Å². The number of benzene rings is 1. The van der Waals surface area contributed by atoms with Crippen molar-refractivity contribution in [3.63, 3.8) is 0 Å². The molecule has 1 N–H and O–H groups in total. The third-order valence-electron chi connectivity index (χ3n) is 4.02. The van der Waals surface area contributed by atoms with Gasteiger partial charge >= 0.3 is 0 Å². The second kappa shape index (κ2) is 3.43. The molecule has 1 aromatic heterocycles. The van der Waals surface area contributed by atoms with E-state index in [1.165, 1.54) is 11.1 Å². The topological polar surface area (TPSA) is 47.3 Å². The van der Waals surface area contributed by atoms with Crippen molar-refractivity contribution in [3.8, 4) is 11.3 Å². The summed E-state index contributed by atoms with van der Waals surface area (Å²) in [5.41, 5.74) is 2.60. The Balaban J connectivity index is 1.94. The summed E-state index contributed by atoms with van der Waals surface area (Å²) in [4.78, 5) is 4.21. The average molecular weight is 242 g/mol. The highest BCUT2D eigenvalue weighted by molar-refractivity contribution is 5.69. The molecule has 0 amide bonds. The fraction of sp³-hybridized carbons (Fsp3) is 0.357. The maximum atomic E-state index is 10.8. The monoisotopic (exact) mass is 242 g/mol. The zero-order valence-electron chi connectivity index (χ0n) is 9.91. The van der Waals surface area contributed by atoms with Gasteiger partial charge in [0.25, 0.3) is 0 Å². The molecule has 0 radical (unpaired) electrons. The van der Waals surface area contributed by atoms with E-state index in [0.717, 1.165) is 5.69 Å². The largest absolute Gasteiger partial charge is 0.385 e. The highest BCUT2D eigenvalue weighted by Crippen LogP contribution is 2.46. The molecule has 0 aliphatic carbocycles. The minimum absolute atomic E-state index is 0.0753. The minimum Gasteiger partial charge on any atom is -0.385 e. The lowest BCUT2D eigenvalue weighted by atomic mass is 9.87. The van der Waals surface area contributed by atoms with Crippen LogP contribution in [0.3, 0.4) is 0 Å². The molecule has 2 aliphatic rings. The summed E-state index contributed by atoms with van der Waals surface area (Å²) in [5, 5.41) is 10.8. The van der Waals surface area contributed by atoms with Crippen LogP contribution >= 0.6 is 0 Å². The van der Waals surface area contributed by atoms with Crippen LogP contribution in [0.1, 0.15) is 18.0 Å². The molecule has 0 bridgehead atoms. The molecule has 2 aliphatic heterocycles. The molecule has 1 saturated heterocycles. The summed E-state index contributed by atoms with van der Waals surface area (Å²) in [6.07, 6.45) is 4.33. The first kappa shape index (κ1) is 10.3. The van der Waals surface area contributed by atoms with E-state index in [2.05, 4.69) is 21.7 Å². The molecule has 18 heavy (non-hydrogen) atoms. The maximum absolute atomic E-state index is 10.8. The van der Waals surface area contributed by atoms with Crippen LogP contribution in [0.5, 0.6) is 0 Å². The standard InChI is InChI=1S/C14H14N2O2/c17-14(5-6-18-8-14)13-11-4-2-1-3-10(11)12-7-15-9-16(12)13/h1-4,7,9,13,17H,5-6,8H2. The molecule has 2 aromatic rings. The SMILES string of the molecule is OC1(C2c3ccccc3-c3cncn32)CCOC1. The number of aromatic nitrogens is 2. The lowest BCUT2D eigenvalue weighted by Gasteiger charge is -2.30. The Morgan fingerprint density at radius 3 is 3.11 bits per heavy atom. The van der Waals surface area contributed by atoms with Gasteiger partial charge in [0.05, 0.1) is 30.9 Å². The van der Waals surface area contributed by atoms with Crippen molar-refractivity contribution < 1.29 is 9.84 Å². The van der Waals surface area contributed by atoms with Crippen molar-refractivity contribution in [2.75, 3.05) is 13.2 Å². The highest BCUT2D eigenvalue weighted by atomic mass is 16.5. The summed E-state index contributed by atoms with van der Waals surface area (Å²) in [7, 11) is 0. The van der Waals surface area contributed by atoms with Gasteiger partial charge in [-0.15, -0.1) is 0 Å². The number of ether oxygens (including phenoxy) is 1. The first-order chi connectivity index (χ1) is 8.80. The second-order valence-electron chi connectivity index (χ2n) is 5.08. The highest BCUT2D eigenvalue weighted by Gasteiger charge is 2.46. The van der Waals surface area contributed by atoms with E-state index in [9.17, 15) is 5.11 Å². The molecular formula is C14H14N2O2. The van der Waals surface area contributed by atoms with Crippen molar-refractivity contribution in [2.24, 2.45) is 0 Å². The summed E-state index contributed by atoms with van der Waals surface area (Å²) >= 11 is 0. The van der Waals surface area contributed by atoms with Crippen LogP contribution in [0.15, 0.2) is 36.8 Å². The van der Waals surface area contributed by atoms with Crippen molar-refractivity contribution in [3.05, 3.63) is 42.4 Å². The zero-order valence-corrected chi connectivity index (χ0v) is 9.91. The lowest BCUT2D eigenvalue weighted by Crippen LogP contribution is -2.39. The second-order valence-corrected chi connectivity index (χ2v) is 5.08. The normalized spacial score (nSPS) is 29.3. The molecule has 0 saturated carbocycles. The van der Waals surface area contributed by atoms with E-state index >= 15 is 0 Å². The maximum Gasteiger partial charge on any atom is 0.115 e. The number of hydrogen-bond donors (Lipinski definition) is 1. The Kier molecular flexibility index (Phi) is 1.96. The van der Waals surface area contributed by atoms with Gasteiger partial charge in [-0.1, -0.05) is 24.3 Å². The molecule has 92 valence electrons. The van der Waals surface area contributed by atoms with E-state index in [1.54, 1.807) is 6.33 Å². The average Bonchev–Trinajstić information content (AvgIpc) is 3.04. The Labute approximate surface area is 105 Å². The molecule has 4 rings (SSSR count). The fourth-order valence-corrected chi connectivity index (χ4v) is 3.17. The molecule has 1 fully saturated rings. The summed E-state index contributed by atoms with van der Waals surface area (Å²) in [6.45, 7) is 1.02. The van der Waals surface area contributed by atoms with Crippen LogP contribution in [0.2, 0.25) is 0 Å². The third-order valence-corrected chi connectivity index (χ3v) is 4.02. The van der Waals surface area contributed by atoms with E-state index in [4.69, 9.17) is 4.74 Å². The van der Waals surface area contributed by atoms with Gasteiger partial charge in [0, 0.05) is 18.6 Å². The van der Waals surface area contributed by atoms with Crippen molar-refractivity contribution >= 4 is 0 Å². The zero-order chi connectivity index (χ0) is 12.2. The number of aliphatic hydroxyl groups is 1. The van der Waals surface area contributed by atoms with Crippen LogP contribution in [-0.2, 0) is 4.74 Å². The van der Waals surface area contributed by atoms with Gasteiger partial charge in [0.15, 0.2) is 0 Å². The van der Waals surface area contributed by atoms with Gasteiger partial charge in [0.1, 0.15) is 5.60 Å². The van der Waals surface area contributed by atoms with Gasteiger partial charge in [-0.05, 0) is 5.56 Å². The van der Waals surface area contributed by atoms with Gasteiger partial charge in [-0.25, -0.2) is 4.98 Å². The van der Waals surface area contributed by atoms with Crippen molar-refractivity contribution in [1.29, 1.82) is 0 Å². The fourth-order valence-electron chi connectivity index (χ4n) is 3.17. The molecule has 2 atom stereocenters. The summed E-state index contributed by atoms with van der Waals surface area (Å²) in [6, 6.07) is 8.14. The van der Waals surface area contributed by atoms with E-state index < -0.39 is 5.60 Å². The van der Waals surface area contributed by atoms with Crippen LogP contribution in [0.4, 0.5) is 0 Å². The van der Waals surface area contributed by atoms with Gasteiger partial charge in [-0.3, -0.25) is 0 Å². The minimum atomic E-state index is -0.817. The Hall–Kier alpha value is -1.65. The Bertz CT molecular complexity index is 599. The van der Waals surface area contributed by atoms with Crippen molar-refractivity contribution in [1.82, 2.24) is 9.55 Å². The number of rotatable bonds is 1. The number of hydrogen-bond acceptors (Lipinski definition) is 3. The predicted molar refractivity (Wildman–Crippen MR) is 66.2 cm³/mol. The van der Waals surface area contributed by atoms with Crippen LogP contribution in [0.25, 0.3) is 11.3 Å². The van der Waals surface area contributed by atoms with Crippen LogP contribution < -0.4 is 0 Å². The predicted octanol–water partition coefficient (Wildman–Crippen LogP) is 1.60. The summed E-state index contributed by atoms with van der Waals surface area (Å²) < 4.78 is 7.46. The molecular weight excluding hydrogens is 228 g/mol. The lowest BCUT2D eigenvalue weighted by molar-refractivity contribution is -0.00435. The van der Waals surface area contributed by atoms with Crippen LogP contribution in [-0.4, -0.2) is 33.5 Å². The molecule has 4 heteroatoms. The first-order valence-electron chi connectivity index (χ1n) is 6.21. The molecule has 2 unspecified atom stereocenters. The van der Waals surface area contributed by atoms with Gasteiger partial charge in [0.2, 0.25) is 0 Å². The number of fused-ring (bicyclic) bond motifs is 3.